The van der Waals surface area contributed by atoms with Crippen LogP contribution in [-0.4, -0.2) is 34.5 Å². The second kappa shape index (κ2) is 6.38. The van der Waals surface area contributed by atoms with Gasteiger partial charge in [-0.15, -0.1) is 0 Å². The van der Waals surface area contributed by atoms with Gasteiger partial charge in [0.05, 0.1) is 17.4 Å². The van der Waals surface area contributed by atoms with Crippen LogP contribution in [0.15, 0.2) is 29.7 Å². The van der Waals surface area contributed by atoms with Crippen LogP contribution in [0.5, 0.6) is 0 Å². The topological polar surface area (TPSA) is 81.8 Å². The average Bonchev–Trinajstić information content (AvgIpc) is 3.03. The van der Waals surface area contributed by atoms with Gasteiger partial charge in [-0.1, -0.05) is 11.6 Å². The molecule has 0 aromatic carbocycles. The van der Waals surface area contributed by atoms with Gasteiger partial charge in [-0.3, -0.25) is 9.36 Å². The van der Waals surface area contributed by atoms with Crippen LogP contribution in [0, 0.1) is 0 Å². The molecule has 1 N–H and O–H groups in total. The number of halogens is 1. The molecule has 0 aliphatic rings. The van der Waals surface area contributed by atoms with Crippen molar-refractivity contribution in [3.05, 3.63) is 29.8 Å². The lowest BCUT2D eigenvalue weighted by Crippen LogP contribution is -2.25. The molecule has 0 aliphatic heterocycles. The Hall–Kier alpha value is -1.38. The predicted octanol–water partition coefficient (Wildman–Crippen LogP) is 1.12. The van der Waals surface area contributed by atoms with Crippen molar-refractivity contribution in [1.82, 2.24) is 24.3 Å². The van der Waals surface area contributed by atoms with Gasteiger partial charge in [-0.05, 0) is 13.3 Å². The second-order valence-electron chi connectivity index (χ2n) is 4.20. The maximum Gasteiger partial charge on any atom is 0.243 e. The Morgan fingerprint density at radius 1 is 1.25 bits per heavy atom. The fourth-order valence-electron chi connectivity index (χ4n) is 1.65. The van der Waals surface area contributed by atoms with Gasteiger partial charge in [0.1, 0.15) is 4.90 Å². The standard InChI is InChI=1S/C11H16ClN5O2S/c1-2-16-9-11(7-14-16)20(18,19)15-4-3-5-17-8-10(12)6-13-17/h6-9,15H,2-5H2,1H3. The summed E-state index contributed by atoms with van der Waals surface area (Å²) >= 11 is 5.74. The minimum atomic E-state index is -3.49. The first-order valence-corrected chi connectivity index (χ1v) is 8.07. The molecule has 0 fully saturated rings. The van der Waals surface area contributed by atoms with Crippen molar-refractivity contribution in [2.75, 3.05) is 6.54 Å². The number of nitrogens with one attached hydrogen (secondary N) is 1. The van der Waals surface area contributed by atoms with E-state index in [0.29, 0.717) is 31.1 Å². The molecule has 0 saturated carbocycles. The summed E-state index contributed by atoms with van der Waals surface area (Å²) in [5, 5.41) is 8.53. The SMILES string of the molecule is CCn1cc(S(=O)(=O)NCCCn2cc(Cl)cn2)cn1. The molecule has 0 spiro atoms. The molecule has 0 unspecified atom stereocenters. The number of rotatable bonds is 7. The monoisotopic (exact) mass is 317 g/mol. The largest absolute Gasteiger partial charge is 0.272 e. The lowest BCUT2D eigenvalue weighted by Gasteiger charge is -2.04. The number of hydrogen-bond donors (Lipinski definition) is 1. The molecule has 110 valence electrons. The van der Waals surface area contributed by atoms with Crippen molar-refractivity contribution in [2.24, 2.45) is 0 Å². The molecule has 2 heterocycles. The normalized spacial score (nSPS) is 11.9. The molecule has 0 radical (unpaired) electrons. The molecule has 0 aliphatic carbocycles. The summed E-state index contributed by atoms with van der Waals surface area (Å²) in [7, 11) is -3.49. The van der Waals surface area contributed by atoms with Crippen molar-refractivity contribution in [2.45, 2.75) is 31.3 Å². The number of hydrogen-bond acceptors (Lipinski definition) is 4. The smallest absolute Gasteiger partial charge is 0.243 e. The molecule has 2 aromatic rings. The van der Waals surface area contributed by atoms with Crippen LogP contribution in [0.4, 0.5) is 0 Å². The Bertz CT molecular complexity index is 664. The fourth-order valence-corrected chi connectivity index (χ4v) is 2.83. The third-order valence-corrected chi connectivity index (χ3v) is 4.31. The summed E-state index contributed by atoms with van der Waals surface area (Å²) in [5.41, 5.74) is 0. The molecule has 2 rings (SSSR count). The number of aryl methyl sites for hydroxylation is 2. The molecular weight excluding hydrogens is 302 g/mol. The lowest BCUT2D eigenvalue weighted by molar-refractivity contribution is 0.552. The van der Waals surface area contributed by atoms with Crippen molar-refractivity contribution >= 4 is 21.6 Å². The first-order chi connectivity index (χ1) is 9.51. The van der Waals surface area contributed by atoms with Crippen molar-refractivity contribution < 1.29 is 8.42 Å². The van der Waals surface area contributed by atoms with E-state index in [-0.39, 0.29) is 4.90 Å². The third-order valence-electron chi connectivity index (χ3n) is 2.70. The van der Waals surface area contributed by atoms with E-state index in [4.69, 9.17) is 11.6 Å². The first-order valence-electron chi connectivity index (χ1n) is 6.21. The Balaban J connectivity index is 1.83. The summed E-state index contributed by atoms with van der Waals surface area (Å²) < 4.78 is 29.7. The van der Waals surface area contributed by atoms with Gasteiger partial charge in [-0.25, -0.2) is 13.1 Å². The minimum absolute atomic E-state index is 0.182. The second-order valence-corrected chi connectivity index (χ2v) is 6.41. The van der Waals surface area contributed by atoms with Crippen molar-refractivity contribution in [1.29, 1.82) is 0 Å². The molecule has 0 amide bonds. The maximum absolute atomic E-state index is 12.0. The van der Waals surface area contributed by atoms with Crippen LogP contribution in [0.2, 0.25) is 5.02 Å². The van der Waals surface area contributed by atoms with Gasteiger partial charge in [0.25, 0.3) is 0 Å². The summed E-state index contributed by atoms with van der Waals surface area (Å²) in [6.45, 7) is 3.46. The quantitative estimate of drug-likeness (QED) is 0.776. The van der Waals surface area contributed by atoms with Gasteiger partial charge in [0.15, 0.2) is 0 Å². The molecule has 2 aromatic heterocycles. The number of aromatic nitrogens is 4. The average molecular weight is 318 g/mol. The van der Waals surface area contributed by atoms with E-state index in [1.54, 1.807) is 21.8 Å². The van der Waals surface area contributed by atoms with Crippen LogP contribution in [0.3, 0.4) is 0 Å². The van der Waals surface area contributed by atoms with E-state index >= 15 is 0 Å². The fraction of sp³-hybridized carbons (Fsp3) is 0.455. The van der Waals surface area contributed by atoms with Crippen LogP contribution in [0.1, 0.15) is 13.3 Å². The highest BCUT2D eigenvalue weighted by Gasteiger charge is 2.15. The van der Waals surface area contributed by atoms with Gasteiger partial charge < -0.3 is 0 Å². The van der Waals surface area contributed by atoms with E-state index in [1.807, 2.05) is 6.92 Å². The minimum Gasteiger partial charge on any atom is -0.272 e. The van der Waals surface area contributed by atoms with E-state index in [2.05, 4.69) is 14.9 Å². The zero-order valence-corrected chi connectivity index (χ0v) is 12.6. The van der Waals surface area contributed by atoms with Crippen LogP contribution in [0.25, 0.3) is 0 Å². The Morgan fingerprint density at radius 3 is 2.60 bits per heavy atom. The summed E-state index contributed by atoms with van der Waals surface area (Å²) in [4.78, 5) is 0.182. The summed E-state index contributed by atoms with van der Waals surface area (Å²) in [6.07, 6.45) is 6.72. The molecular formula is C11H16ClN5O2S. The highest BCUT2D eigenvalue weighted by molar-refractivity contribution is 7.89. The highest BCUT2D eigenvalue weighted by atomic mass is 35.5. The number of nitrogens with zero attached hydrogens (tertiary/aromatic N) is 4. The van der Waals surface area contributed by atoms with E-state index in [9.17, 15) is 8.42 Å². The predicted molar refractivity (Wildman–Crippen MR) is 74.9 cm³/mol. The highest BCUT2D eigenvalue weighted by Crippen LogP contribution is 2.07. The van der Waals surface area contributed by atoms with Crippen LogP contribution in [-0.2, 0) is 23.1 Å². The van der Waals surface area contributed by atoms with E-state index in [0.717, 1.165) is 0 Å². The third kappa shape index (κ3) is 3.81. The number of sulfonamides is 1. The Morgan fingerprint density at radius 2 is 2.00 bits per heavy atom. The van der Waals surface area contributed by atoms with Gasteiger partial charge in [0.2, 0.25) is 10.0 Å². The molecule has 20 heavy (non-hydrogen) atoms. The molecule has 7 nitrogen and oxygen atoms in total. The van der Waals surface area contributed by atoms with E-state index < -0.39 is 10.0 Å². The Kier molecular flexibility index (Phi) is 4.79. The van der Waals surface area contributed by atoms with Gasteiger partial charge in [0, 0.05) is 32.0 Å². The maximum atomic E-state index is 12.0. The van der Waals surface area contributed by atoms with Crippen LogP contribution >= 0.6 is 11.6 Å². The zero-order valence-electron chi connectivity index (χ0n) is 11.0. The van der Waals surface area contributed by atoms with Gasteiger partial charge in [-0.2, -0.15) is 10.2 Å². The van der Waals surface area contributed by atoms with E-state index in [1.165, 1.54) is 12.4 Å². The van der Waals surface area contributed by atoms with Crippen molar-refractivity contribution in [3.8, 4) is 0 Å². The summed E-state index contributed by atoms with van der Waals surface area (Å²) in [6, 6.07) is 0. The Labute approximate surface area is 122 Å². The van der Waals surface area contributed by atoms with Gasteiger partial charge >= 0.3 is 0 Å². The zero-order chi connectivity index (χ0) is 14.6. The lowest BCUT2D eigenvalue weighted by atomic mass is 10.4. The molecule has 0 atom stereocenters. The summed E-state index contributed by atoms with van der Waals surface area (Å²) in [5.74, 6) is 0. The molecule has 0 bridgehead atoms. The first kappa shape index (κ1) is 15.0. The van der Waals surface area contributed by atoms with Crippen LogP contribution < -0.4 is 4.72 Å². The van der Waals surface area contributed by atoms with Crippen molar-refractivity contribution in [3.63, 3.8) is 0 Å². The molecule has 9 heteroatoms. The molecule has 0 saturated heterocycles.